The second-order valence-electron chi connectivity index (χ2n) is 5.64. The lowest BCUT2D eigenvalue weighted by Crippen LogP contribution is -2.40. The van der Waals surface area contributed by atoms with Crippen molar-refractivity contribution in [2.24, 2.45) is 11.7 Å². The topological polar surface area (TPSA) is 72.1 Å². The molecule has 24 heavy (non-hydrogen) atoms. The van der Waals surface area contributed by atoms with Crippen LogP contribution in [0.2, 0.25) is 0 Å². The van der Waals surface area contributed by atoms with E-state index in [0.717, 1.165) is 37.1 Å². The number of carbonyl (C=O) groups excluding carboxylic acids is 1. The lowest BCUT2D eigenvalue weighted by molar-refractivity contribution is 0.0694. The number of rotatable bonds is 3. The molecule has 2 aromatic rings. The lowest BCUT2D eigenvalue weighted by atomic mass is 9.95. The zero-order valence-electron chi connectivity index (χ0n) is 13.3. The predicted molar refractivity (Wildman–Crippen MR) is 99.6 cm³/mol. The van der Waals surface area contributed by atoms with E-state index in [-0.39, 0.29) is 30.7 Å². The zero-order chi connectivity index (χ0) is 15.4. The van der Waals surface area contributed by atoms with Crippen LogP contribution < -0.4 is 5.73 Å². The molecule has 1 aliphatic rings. The average Bonchev–Trinajstić information content (AvgIpc) is 2.62. The van der Waals surface area contributed by atoms with E-state index < -0.39 is 0 Å². The molecule has 0 unspecified atom stereocenters. The normalized spacial score (nSPS) is 14.5. The standard InChI is InChI=1S/C17H20N4O.2ClH/c18-9-13-5-7-21(8-6-13)17(22)16-4-2-1-3-15(16)14-10-19-12-20-11-14;;/h1-4,10-13H,5-9,18H2;2*1H. The van der Waals surface area contributed by atoms with Crippen molar-refractivity contribution in [3.05, 3.63) is 48.5 Å². The minimum Gasteiger partial charge on any atom is -0.339 e. The molecule has 5 nitrogen and oxygen atoms in total. The zero-order valence-corrected chi connectivity index (χ0v) is 14.9. The highest BCUT2D eigenvalue weighted by molar-refractivity contribution is 6.00. The molecule has 0 saturated carbocycles. The van der Waals surface area contributed by atoms with Crippen molar-refractivity contribution in [3.8, 4) is 11.1 Å². The van der Waals surface area contributed by atoms with Gasteiger partial charge in [0.15, 0.2) is 0 Å². The third-order valence-electron chi connectivity index (χ3n) is 4.26. The number of benzene rings is 1. The maximum Gasteiger partial charge on any atom is 0.254 e. The van der Waals surface area contributed by atoms with Crippen molar-refractivity contribution in [2.75, 3.05) is 19.6 Å². The molecule has 0 atom stereocenters. The summed E-state index contributed by atoms with van der Waals surface area (Å²) in [7, 11) is 0. The van der Waals surface area contributed by atoms with Crippen LogP contribution in [0, 0.1) is 5.92 Å². The van der Waals surface area contributed by atoms with Gasteiger partial charge in [-0.15, -0.1) is 24.8 Å². The van der Waals surface area contributed by atoms with E-state index in [0.29, 0.717) is 18.0 Å². The van der Waals surface area contributed by atoms with Crippen LogP contribution in [0.15, 0.2) is 43.0 Å². The number of amides is 1. The average molecular weight is 369 g/mol. The number of piperidine rings is 1. The van der Waals surface area contributed by atoms with Gasteiger partial charge in [0.25, 0.3) is 5.91 Å². The molecule has 3 rings (SSSR count). The van der Waals surface area contributed by atoms with Crippen molar-refractivity contribution in [1.82, 2.24) is 14.9 Å². The number of halogens is 2. The van der Waals surface area contributed by atoms with Crippen molar-refractivity contribution in [1.29, 1.82) is 0 Å². The summed E-state index contributed by atoms with van der Waals surface area (Å²) in [6.45, 7) is 2.26. The monoisotopic (exact) mass is 368 g/mol. The van der Waals surface area contributed by atoms with E-state index in [1.54, 1.807) is 12.4 Å². The highest BCUT2D eigenvalue weighted by Crippen LogP contribution is 2.25. The third kappa shape index (κ3) is 4.44. The van der Waals surface area contributed by atoms with E-state index in [2.05, 4.69) is 9.97 Å². The first-order valence-corrected chi connectivity index (χ1v) is 7.63. The number of carbonyl (C=O) groups is 1. The van der Waals surface area contributed by atoms with E-state index in [9.17, 15) is 4.79 Å². The van der Waals surface area contributed by atoms with Crippen LogP contribution in [0.25, 0.3) is 11.1 Å². The van der Waals surface area contributed by atoms with Crippen LogP contribution in [-0.2, 0) is 0 Å². The number of likely N-dealkylation sites (tertiary alicyclic amines) is 1. The van der Waals surface area contributed by atoms with E-state index in [4.69, 9.17) is 5.73 Å². The Morgan fingerprint density at radius 2 is 1.75 bits per heavy atom. The molecule has 1 amide bonds. The van der Waals surface area contributed by atoms with Crippen LogP contribution in [0.4, 0.5) is 0 Å². The Morgan fingerprint density at radius 1 is 1.12 bits per heavy atom. The molecular formula is C17H22Cl2N4O. The molecule has 7 heteroatoms. The van der Waals surface area contributed by atoms with Gasteiger partial charge >= 0.3 is 0 Å². The lowest BCUT2D eigenvalue weighted by Gasteiger charge is -2.31. The minimum absolute atomic E-state index is 0. The van der Waals surface area contributed by atoms with Crippen molar-refractivity contribution < 1.29 is 4.79 Å². The summed E-state index contributed by atoms with van der Waals surface area (Å²) in [5.74, 6) is 0.622. The number of nitrogens with two attached hydrogens (primary N) is 1. The molecule has 1 fully saturated rings. The van der Waals surface area contributed by atoms with Crippen molar-refractivity contribution in [2.45, 2.75) is 12.8 Å². The van der Waals surface area contributed by atoms with Crippen LogP contribution in [-0.4, -0.2) is 40.4 Å². The van der Waals surface area contributed by atoms with Gasteiger partial charge in [0.2, 0.25) is 0 Å². The molecule has 2 heterocycles. The maximum atomic E-state index is 12.8. The van der Waals surface area contributed by atoms with Gasteiger partial charge in [-0.3, -0.25) is 4.79 Å². The Balaban J connectivity index is 0.00000144. The summed E-state index contributed by atoms with van der Waals surface area (Å²) in [5, 5.41) is 0. The van der Waals surface area contributed by atoms with E-state index in [1.807, 2.05) is 29.2 Å². The first-order valence-electron chi connectivity index (χ1n) is 7.63. The fraction of sp³-hybridized carbons (Fsp3) is 0.353. The van der Waals surface area contributed by atoms with E-state index in [1.165, 1.54) is 6.33 Å². The second kappa shape index (κ2) is 9.57. The summed E-state index contributed by atoms with van der Waals surface area (Å²) in [4.78, 5) is 22.9. The number of hydrogen-bond acceptors (Lipinski definition) is 4. The third-order valence-corrected chi connectivity index (χ3v) is 4.26. The predicted octanol–water partition coefficient (Wildman–Crippen LogP) is 2.80. The van der Waals surface area contributed by atoms with Gasteiger partial charge in [-0.2, -0.15) is 0 Å². The van der Waals surface area contributed by atoms with E-state index >= 15 is 0 Å². The molecule has 0 spiro atoms. The van der Waals surface area contributed by atoms with Crippen molar-refractivity contribution >= 4 is 30.7 Å². The Labute approximate surface area is 154 Å². The Kier molecular flexibility index (Phi) is 8.11. The smallest absolute Gasteiger partial charge is 0.254 e. The molecule has 2 N–H and O–H groups in total. The van der Waals surface area contributed by atoms with Gasteiger partial charge in [-0.25, -0.2) is 9.97 Å². The first kappa shape index (κ1) is 20.4. The molecule has 0 radical (unpaired) electrons. The van der Waals surface area contributed by atoms with Crippen molar-refractivity contribution in [3.63, 3.8) is 0 Å². The minimum atomic E-state index is 0. The Hall–Kier alpha value is -1.69. The molecule has 1 aromatic heterocycles. The van der Waals surface area contributed by atoms with Gasteiger partial charge in [0.1, 0.15) is 6.33 Å². The van der Waals surface area contributed by atoms with Gasteiger partial charge in [-0.05, 0) is 36.9 Å². The SMILES string of the molecule is Cl.Cl.NCC1CCN(C(=O)c2ccccc2-c2cncnc2)CC1. The summed E-state index contributed by atoms with van der Waals surface area (Å²) in [6.07, 6.45) is 6.93. The largest absolute Gasteiger partial charge is 0.339 e. The first-order chi connectivity index (χ1) is 10.8. The molecule has 1 saturated heterocycles. The number of nitrogens with zero attached hydrogens (tertiary/aromatic N) is 3. The fourth-order valence-corrected chi connectivity index (χ4v) is 2.90. The highest BCUT2D eigenvalue weighted by atomic mass is 35.5. The number of aromatic nitrogens is 2. The molecule has 0 bridgehead atoms. The highest BCUT2D eigenvalue weighted by Gasteiger charge is 2.24. The summed E-state index contributed by atoms with van der Waals surface area (Å²) in [6, 6.07) is 7.64. The fourth-order valence-electron chi connectivity index (χ4n) is 2.90. The number of hydrogen-bond donors (Lipinski definition) is 1. The molecule has 130 valence electrons. The summed E-state index contributed by atoms with van der Waals surface area (Å²) in [5.41, 5.74) is 8.18. The maximum absolute atomic E-state index is 12.8. The van der Waals surface area contributed by atoms with Crippen LogP contribution in [0.3, 0.4) is 0 Å². The molecule has 1 aliphatic heterocycles. The van der Waals surface area contributed by atoms with Crippen LogP contribution in [0.5, 0.6) is 0 Å². The molecule has 1 aromatic carbocycles. The Bertz CT molecular complexity index is 646. The molecular weight excluding hydrogens is 347 g/mol. The second-order valence-corrected chi connectivity index (χ2v) is 5.64. The van der Waals surface area contributed by atoms with Gasteiger partial charge in [-0.1, -0.05) is 18.2 Å². The van der Waals surface area contributed by atoms with Gasteiger partial charge in [0, 0.05) is 36.6 Å². The summed E-state index contributed by atoms with van der Waals surface area (Å²) >= 11 is 0. The Morgan fingerprint density at radius 3 is 2.38 bits per heavy atom. The summed E-state index contributed by atoms with van der Waals surface area (Å²) < 4.78 is 0. The van der Waals surface area contributed by atoms with Gasteiger partial charge in [0.05, 0.1) is 0 Å². The quantitative estimate of drug-likeness (QED) is 0.903. The van der Waals surface area contributed by atoms with Gasteiger partial charge < -0.3 is 10.6 Å². The molecule has 0 aliphatic carbocycles. The van der Waals surface area contributed by atoms with Crippen LogP contribution >= 0.6 is 24.8 Å². The van der Waals surface area contributed by atoms with Crippen LogP contribution in [0.1, 0.15) is 23.2 Å².